The first-order valence-electron chi connectivity index (χ1n) is 5.84. The molecule has 1 atom stereocenters. The zero-order valence-corrected chi connectivity index (χ0v) is 10.9. The lowest BCUT2D eigenvalue weighted by molar-refractivity contribution is 0.310. The van der Waals surface area contributed by atoms with E-state index < -0.39 is 0 Å². The molecule has 0 heterocycles. The summed E-state index contributed by atoms with van der Waals surface area (Å²) in [5.41, 5.74) is 0.978. The average molecular weight is 233 g/mol. The molecule has 0 spiro atoms. The number of benzene rings is 1. The van der Waals surface area contributed by atoms with Crippen LogP contribution in [-0.4, -0.2) is 13.7 Å². The first kappa shape index (κ1) is 13.4. The molecule has 1 aromatic rings. The Hall–Kier alpha value is -1.69. The Morgan fingerprint density at radius 3 is 2.47 bits per heavy atom. The van der Waals surface area contributed by atoms with E-state index in [-0.39, 0.29) is 11.8 Å². The molecule has 3 nitrogen and oxygen atoms in total. The summed E-state index contributed by atoms with van der Waals surface area (Å²) in [6.07, 6.45) is 0. The first-order chi connectivity index (χ1) is 8.13. The molecule has 0 saturated heterocycles. The maximum atomic E-state index is 9.18. The average Bonchev–Trinajstić information content (AvgIpc) is 2.30. The summed E-state index contributed by atoms with van der Waals surface area (Å²) in [7, 11) is 1.61. The van der Waals surface area contributed by atoms with Crippen molar-refractivity contribution in [2.24, 2.45) is 5.92 Å². The van der Waals surface area contributed by atoms with Crippen molar-refractivity contribution in [3.63, 3.8) is 0 Å². The Kier molecular flexibility index (Phi) is 4.84. The highest BCUT2D eigenvalue weighted by Crippen LogP contribution is 2.33. The third kappa shape index (κ3) is 3.13. The molecule has 0 aliphatic carbocycles. The van der Waals surface area contributed by atoms with Gasteiger partial charge in [-0.1, -0.05) is 19.9 Å². The minimum atomic E-state index is -0.111. The Bertz CT molecular complexity index is 407. The van der Waals surface area contributed by atoms with Gasteiger partial charge in [0.25, 0.3) is 0 Å². The second kappa shape index (κ2) is 6.15. The number of nitrogens with zero attached hydrogens (tertiary/aromatic N) is 1. The zero-order chi connectivity index (χ0) is 12.8. The van der Waals surface area contributed by atoms with Crippen LogP contribution in [0.25, 0.3) is 0 Å². The van der Waals surface area contributed by atoms with Gasteiger partial charge in [0.05, 0.1) is 25.7 Å². The van der Waals surface area contributed by atoms with E-state index >= 15 is 0 Å². The van der Waals surface area contributed by atoms with Gasteiger partial charge >= 0.3 is 0 Å². The van der Waals surface area contributed by atoms with Crippen molar-refractivity contribution >= 4 is 0 Å². The highest BCUT2D eigenvalue weighted by molar-refractivity contribution is 5.45. The minimum Gasteiger partial charge on any atom is -0.493 e. The summed E-state index contributed by atoms with van der Waals surface area (Å²) in [5, 5.41) is 9.18. The van der Waals surface area contributed by atoms with Crippen molar-refractivity contribution in [1.29, 1.82) is 5.26 Å². The SMILES string of the molecule is CCOc1cc(C(C#N)C(C)C)ccc1OC. The van der Waals surface area contributed by atoms with Gasteiger partial charge in [0.2, 0.25) is 0 Å². The quantitative estimate of drug-likeness (QED) is 0.783. The van der Waals surface area contributed by atoms with Crippen molar-refractivity contribution in [3.8, 4) is 17.6 Å². The van der Waals surface area contributed by atoms with Crippen molar-refractivity contribution in [3.05, 3.63) is 23.8 Å². The number of ether oxygens (including phenoxy) is 2. The molecule has 0 radical (unpaired) electrons. The molecule has 0 fully saturated rings. The number of hydrogen-bond donors (Lipinski definition) is 0. The molecule has 92 valence electrons. The summed E-state index contributed by atoms with van der Waals surface area (Å²) in [6, 6.07) is 8.01. The standard InChI is InChI=1S/C14H19NO2/c1-5-17-14-8-11(6-7-13(14)16-4)12(9-15)10(2)3/h6-8,10,12H,5H2,1-4H3. The Morgan fingerprint density at radius 2 is 2.00 bits per heavy atom. The van der Waals surface area contributed by atoms with E-state index in [1.807, 2.05) is 39.0 Å². The van der Waals surface area contributed by atoms with Gasteiger partial charge in [-0.3, -0.25) is 0 Å². The fraction of sp³-hybridized carbons (Fsp3) is 0.500. The van der Waals surface area contributed by atoms with Crippen LogP contribution >= 0.6 is 0 Å². The molecule has 0 aliphatic rings. The first-order valence-corrected chi connectivity index (χ1v) is 5.84. The van der Waals surface area contributed by atoms with Gasteiger partial charge < -0.3 is 9.47 Å². The Labute approximate surface area is 103 Å². The minimum absolute atomic E-state index is 0.111. The van der Waals surface area contributed by atoms with E-state index in [9.17, 15) is 5.26 Å². The van der Waals surface area contributed by atoms with Crippen LogP contribution in [-0.2, 0) is 0 Å². The highest BCUT2D eigenvalue weighted by atomic mass is 16.5. The van der Waals surface area contributed by atoms with E-state index in [1.165, 1.54) is 0 Å². The summed E-state index contributed by atoms with van der Waals surface area (Å²) in [5.74, 6) is 1.58. The van der Waals surface area contributed by atoms with Gasteiger partial charge in [0.1, 0.15) is 0 Å². The van der Waals surface area contributed by atoms with Crippen LogP contribution in [0.1, 0.15) is 32.3 Å². The molecule has 1 rings (SSSR count). The predicted octanol–water partition coefficient (Wildman–Crippen LogP) is 3.36. The van der Waals surface area contributed by atoms with E-state index in [1.54, 1.807) is 7.11 Å². The van der Waals surface area contributed by atoms with Gasteiger partial charge in [-0.05, 0) is 30.5 Å². The lowest BCUT2D eigenvalue weighted by atomic mass is 9.89. The molecule has 0 aliphatic heterocycles. The second-order valence-electron chi connectivity index (χ2n) is 4.19. The molecule has 1 aromatic carbocycles. The fourth-order valence-corrected chi connectivity index (χ4v) is 1.76. The van der Waals surface area contributed by atoms with E-state index in [2.05, 4.69) is 6.07 Å². The summed E-state index contributed by atoms with van der Waals surface area (Å²) < 4.78 is 10.7. The lowest BCUT2D eigenvalue weighted by Crippen LogP contribution is -2.05. The molecule has 0 N–H and O–H groups in total. The third-order valence-corrected chi connectivity index (χ3v) is 2.65. The normalized spacial score (nSPS) is 12.0. The molecule has 0 saturated carbocycles. The smallest absolute Gasteiger partial charge is 0.161 e. The zero-order valence-electron chi connectivity index (χ0n) is 10.9. The predicted molar refractivity (Wildman–Crippen MR) is 67.4 cm³/mol. The van der Waals surface area contributed by atoms with Gasteiger partial charge in [0.15, 0.2) is 11.5 Å². The van der Waals surface area contributed by atoms with Crippen molar-refractivity contribution in [2.75, 3.05) is 13.7 Å². The van der Waals surface area contributed by atoms with Crippen molar-refractivity contribution in [1.82, 2.24) is 0 Å². The van der Waals surface area contributed by atoms with Crippen LogP contribution in [0.15, 0.2) is 18.2 Å². The fourth-order valence-electron chi connectivity index (χ4n) is 1.76. The maximum absolute atomic E-state index is 9.18. The number of hydrogen-bond acceptors (Lipinski definition) is 3. The Balaban J connectivity index is 3.11. The number of methoxy groups -OCH3 is 1. The molecule has 0 aromatic heterocycles. The van der Waals surface area contributed by atoms with Crippen LogP contribution < -0.4 is 9.47 Å². The maximum Gasteiger partial charge on any atom is 0.161 e. The molecule has 1 unspecified atom stereocenters. The summed E-state index contributed by atoms with van der Waals surface area (Å²) >= 11 is 0. The Morgan fingerprint density at radius 1 is 1.29 bits per heavy atom. The summed E-state index contributed by atoms with van der Waals surface area (Å²) in [6.45, 7) is 6.59. The topological polar surface area (TPSA) is 42.2 Å². The summed E-state index contributed by atoms with van der Waals surface area (Å²) in [4.78, 5) is 0. The largest absolute Gasteiger partial charge is 0.493 e. The molecule has 3 heteroatoms. The van der Waals surface area contributed by atoms with E-state index in [4.69, 9.17) is 9.47 Å². The van der Waals surface area contributed by atoms with E-state index in [0.717, 1.165) is 5.56 Å². The molecular formula is C14H19NO2. The molecular weight excluding hydrogens is 214 g/mol. The molecule has 0 bridgehead atoms. The van der Waals surface area contributed by atoms with Gasteiger partial charge in [0, 0.05) is 0 Å². The molecule has 17 heavy (non-hydrogen) atoms. The van der Waals surface area contributed by atoms with Crippen LogP contribution in [0, 0.1) is 17.2 Å². The third-order valence-electron chi connectivity index (χ3n) is 2.65. The van der Waals surface area contributed by atoms with Crippen LogP contribution in [0.2, 0.25) is 0 Å². The van der Waals surface area contributed by atoms with Crippen molar-refractivity contribution < 1.29 is 9.47 Å². The van der Waals surface area contributed by atoms with Gasteiger partial charge in [-0.25, -0.2) is 0 Å². The van der Waals surface area contributed by atoms with Gasteiger partial charge in [-0.2, -0.15) is 5.26 Å². The van der Waals surface area contributed by atoms with Crippen LogP contribution in [0.3, 0.4) is 0 Å². The lowest BCUT2D eigenvalue weighted by Gasteiger charge is -2.16. The highest BCUT2D eigenvalue weighted by Gasteiger charge is 2.17. The second-order valence-corrected chi connectivity index (χ2v) is 4.19. The number of rotatable bonds is 5. The monoisotopic (exact) mass is 233 g/mol. The molecule has 0 amide bonds. The van der Waals surface area contributed by atoms with E-state index in [0.29, 0.717) is 18.1 Å². The van der Waals surface area contributed by atoms with Crippen LogP contribution in [0.5, 0.6) is 11.5 Å². The van der Waals surface area contributed by atoms with Gasteiger partial charge in [-0.15, -0.1) is 0 Å². The number of nitriles is 1. The van der Waals surface area contributed by atoms with Crippen molar-refractivity contribution in [2.45, 2.75) is 26.7 Å². The van der Waals surface area contributed by atoms with Crippen LogP contribution in [0.4, 0.5) is 0 Å².